The molecule has 0 bridgehead atoms. The van der Waals surface area contributed by atoms with Crippen LogP contribution in [0.1, 0.15) is 39.7 Å². The lowest BCUT2D eigenvalue weighted by Gasteiger charge is -2.34. The van der Waals surface area contributed by atoms with Crippen LogP contribution in [0.4, 0.5) is 11.4 Å². The van der Waals surface area contributed by atoms with Crippen LogP contribution in [0.5, 0.6) is 0 Å². The van der Waals surface area contributed by atoms with Crippen LogP contribution in [0.25, 0.3) is 0 Å². The predicted octanol–water partition coefficient (Wildman–Crippen LogP) is 5.82. The number of nitrogens with zero attached hydrogens (tertiary/aromatic N) is 3. The largest absolute Gasteiger partial charge is 0.350 e. The van der Waals surface area contributed by atoms with Gasteiger partial charge < -0.3 is 10.2 Å². The Bertz CT molecular complexity index is 1560. The summed E-state index contributed by atoms with van der Waals surface area (Å²) in [5, 5.41) is 14.9. The van der Waals surface area contributed by atoms with Crippen LogP contribution in [0.15, 0.2) is 77.7 Å². The second-order valence-corrected chi connectivity index (χ2v) is 13.2. The molecule has 0 aromatic heterocycles. The lowest BCUT2D eigenvalue weighted by Crippen LogP contribution is -2.55. The molecule has 0 fully saturated rings. The number of carbonyl (C=O) groups is 2. The maximum atomic E-state index is 14.1. The van der Waals surface area contributed by atoms with Crippen molar-refractivity contribution in [2.45, 2.75) is 57.1 Å². The van der Waals surface area contributed by atoms with Gasteiger partial charge in [0.05, 0.1) is 25.6 Å². The van der Waals surface area contributed by atoms with E-state index in [0.29, 0.717) is 10.6 Å². The van der Waals surface area contributed by atoms with Crippen LogP contribution < -0.4 is 9.62 Å². The molecule has 2 amide bonds. The second-order valence-electron chi connectivity index (χ2n) is 10.5. The summed E-state index contributed by atoms with van der Waals surface area (Å²) >= 11 is 12.3. The smallest absolute Gasteiger partial charge is 0.271 e. The Morgan fingerprint density at radius 3 is 2.21 bits per heavy atom. The number of hydrogen-bond acceptors (Lipinski definition) is 6. The highest BCUT2D eigenvalue weighted by atomic mass is 35.5. The number of nitrogens with one attached hydrogen (secondary N) is 1. The monoisotopic (exact) mass is 634 g/mol. The molecule has 0 saturated heterocycles. The van der Waals surface area contributed by atoms with Gasteiger partial charge in [-0.1, -0.05) is 60.5 Å². The number of anilines is 1. The number of carbonyl (C=O) groups excluding carboxylic acids is 2. The van der Waals surface area contributed by atoms with Gasteiger partial charge in [0.25, 0.3) is 15.7 Å². The number of non-ortho nitro benzene ring substituents is 1. The number of nitro benzene ring substituents is 1. The van der Waals surface area contributed by atoms with Gasteiger partial charge in [-0.2, -0.15) is 0 Å². The molecule has 1 N–H and O–H groups in total. The van der Waals surface area contributed by atoms with E-state index in [9.17, 15) is 28.1 Å². The van der Waals surface area contributed by atoms with E-state index in [1.165, 1.54) is 47.4 Å². The van der Waals surface area contributed by atoms with Crippen molar-refractivity contribution in [1.82, 2.24) is 10.2 Å². The molecule has 0 aliphatic heterocycles. The highest BCUT2D eigenvalue weighted by Gasteiger charge is 2.35. The average Bonchev–Trinajstić information content (AvgIpc) is 2.92. The summed E-state index contributed by atoms with van der Waals surface area (Å²) in [6.45, 7) is 6.33. The molecule has 0 aliphatic rings. The van der Waals surface area contributed by atoms with Gasteiger partial charge in [-0.05, 0) is 63.1 Å². The molecule has 3 rings (SSSR count). The van der Waals surface area contributed by atoms with Gasteiger partial charge >= 0.3 is 0 Å². The maximum absolute atomic E-state index is 14.1. The number of rotatable bonds is 11. The minimum Gasteiger partial charge on any atom is -0.350 e. The SMILES string of the molecule is CC[C@@H](C(=O)NC(C)(C)C)N(Cc1ccc(Cl)c(Cl)c1)C(=O)CN(c1cccc([N+](=O)[O-])c1)S(=O)(=O)c1ccccc1. The Kier molecular flexibility index (Phi) is 10.6. The molecule has 0 spiro atoms. The van der Waals surface area contributed by atoms with Gasteiger partial charge in [-0.15, -0.1) is 0 Å². The molecule has 0 radical (unpaired) electrons. The molecule has 42 heavy (non-hydrogen) atoms. The zero-order valence-corrected chi connectivity index (χ0v) is 25.9. The lowest BCUT2D eigenvalue weighted by atomic mass is 10.1. The van der Waals surface area contributed by atoms with Gasteiger partial charge in [-0.3, -0.25) is 24.0 Å². The molecule has 13 heteroatoms. The molecule has 0 heterocycles. The third-order valence-corrected chi connectivity index (χ3v) is 8.69. The summed E-state index contributed by atoms with van der Waals surface area (Å²) in [7, 11) is -4.37. The van der Waals surface area contributed by atoms with E-state index in [4.69, 9.17) is 23.2 Å². The number of nitro groups is 1. The van der Waals surface area contributed by atoms with E-state index in [-0.39, 0.29) is 34.3 Å². The molecule has 0 aliphatic carbocycles. The molecular formula is C29H32Cl2N4O6S. The number of benzene rings is 3. The fraction of sp³-hybridized carbons (Fsp3) is 0.310. The summed E-state index contributed by atoms with van der Waals surface area (Å²) in [6.07, 6.45) is 0.219. The first kappa shape index (κ1) is 32.8. The van der Waals surface area contributed by atoms with Gasteiger partial charge in [0, 0.05) is 24.2 Å². The minimum atomic E-state index is -4.37. The third kappa shape index (κ3) is 8.21. The van der Waals surface area contributed by atoms with E-state index in [1.807, 2.05) is 0 Å². The Hall–Kier alpha value is -3.67. The van der Waals surface area contributed by atoms with Crippen LogP contribution in [-0.4, -0.2) is 48.2 Å². The lowest BCUT2D eigenvalue weighted by molar-refractivity contribution is -0.384. The van der Waals surface area contributed by atoms with Crippen molar-refractivity contribution in [3.05, 3.63) is 98.5 Å². The Morgan fingerprint density at radius 2 is 1.64 bits per heavy atom. The average molecular weight is 636 g/mol. The topological polar surface area (TPSA) is 130 Å². The van der Waals surface area contributed by atoms with Gasteiger partial charge in [0.15, 0.2) is 0 Å². The molecule has 3 aromatic carbocycles. The van der Waals surface area contributed by atoms with E-state index < -0.39 is 44.9 Å². The Labute approximate surface area is 255 Å². The summed E-state index contributed by atoms with van der Waals surface area (Å²) in [5.41, 5.74) is -0.471. The second kappa shape index (κ2) is 13.5. The molecular weight excluding hydrogens is 603 g/mol. The van der Waals surface area contributed by atoms with Crippen molar-refractivity contribution in [3.63, 3.8) is 0 Å². The highest BCUT2D eigenvalue weighted by Crippen LogP contribution is 2.28. The number of halogens is 2. The van der Waals surface area contributed by atoms with E-state index in [2.05, 4.69) is 5.32 Å². The molecule has 3 aromatic rings. The summed E-state index contributed by atoms with van der Waals surface area (Å²) < 4.78 is 28.5. The van der Waals surface area contributed by atoms with Gasteiger partial charge in [0.2, 0.25) is 11.8 Å². The van der Waals surface area contributed by atoms with E-state index >= 15 is 0 Å². The molecule has 0 unspecified atom stereocenters. The standard InChI is InChI=1S/C29H32Cl2N4O6S/c1-5-26(28(37)32-29(2,3)4)33(18-20-14-15-24(30)25(31)16-20)27(36)19-34(21-10-9-11-22(17-21)35(38)39)42(40,41)23-12-7-6-8-13-23/h6-17,26H,5,18-19H2,1-4H3,(H,32,37)/t26-/m0/s1. The molecule has 224 valence electrons. The van der Waals surface area contributed by atoms with Gasteiger partial charge in [-0.25, -0.2) is 8.42 Å². The molecule has 0 saturated carbocycles. The van der Waals surface area contributed by atoms with Crippen molar-refractivity contribution in [1.29, 1.82) is 0 Å². The first-order chi connectivity index (χ1) is 19.6. The van der Waals surface area contributed by atoms with Crippen LogP contribution in [0.2, 0.25) is 10.0 Å². The van der Waals surface area contributed by atoms with Gasteiger partial charge in [0.1, 0.15) is 12.6 Å². The predicted molar refractivity (Wildman–Crippen MR) is 163 cm³/mol. The maximum Gasteiger partial charge on any atom is 0.271 e. The number of sulfonamides is 1. The first-order valence-electron chi connectivity index (χ1n) is 13.0. The van der Waals surface area contributed by atoms with Crippen molar-refractivity contribution in [2.24, 2.45) is 0 Å². The van der Waals surface area contributed by atoms with Crippen LogP contribution in [-0.2, 0) is 26.2 Å². The van der Waals surface area contributed by atoms with Crippen molar-refractivity contribution >= 4 is 56.4 Å². The quantitative estimate of drug-likeness (QED) is 0.209. The Balaban J connectivity index is 2.12. The zero-order valence-electron chi connectivity index (χ0n) is 23.6. The number of amides is 2. The van der Waals surface area contributed by atoms with Crippen LogP contribution >= 0.6 is 23.2 Å². The highest BCUT2D eigenvalue weighted by molar-refractivity contribution is 7.92. The fourth-order valence-corrected chi connectivity index (χ4v) is 5.96. The molecule has 10 nitrogen and oxygen atoms in total. The first-order valence-corrected chi connectivity index (χ1v) is 15.2. The molecule has 1 atom stereocenters. The summed E-state index contributed by atoms with van der Waals surface area (Å²) in [6, 6.07) is 16.2. The van der Waals surface area contributed by atoms with E-state index in [1.54, 1.807) is 52.0 Å². The van der Waals surface area contributed by atoms with Crippen LogP contribution in [0.3, 0.4) is 0 Å². The van der Waals surface area contributed by atoms with Crippen molar-refractivity contribution in [2.75, 3.05) is 10.8 Å². The Morgan fingerprint density at radius 1 is 0.976 bits per heavy atom. The van der Waals surface area contributed by atoms with Crippen molar-refractivity contribution in [3.8, 4) is 0 Å². The third-order valence-electron chi connectivity index (χ3n) is 6.16. The number of hydrogen-bond donors (Lipinski definition) is 1. The van der Waals surface area contributed by atoms with Crippen LogP contribution in [0, 0.1) is 10.1 Å². The summed E-state index contributed by atoms with van der Waals surface area (Å²) in [5.74, 6) is -1.13. The van der Waals surface area contributed by atoms with E-state index in [0.717, 1.165) is 10.4 Å². The summed E-state index contributed by atoms with van der Waals surface area (Å²) in [4.78, 5) is 39.5. The fourth-order valence-electron chi connectivity index (χ4n) is 4.22. The normalized spacial score (nSPS) is 12.3. The zero-order chi connectivity index (χ0) is 31.2. The van der Waals surface area contributed by atoms with Crippen molar-refractivity contribution < 1.29 is 22.9 Å². The minimum absolute atomic E-state index is 0.0805.